The van der Waals surface area contributed by atoms with Gasteiger partial charge in [0.25, 0.3) is 0 Å². The number of anilines is 1. The second-order valence-electron chi connectivity index (χ2n) is 3.13. The van der Waals surface area contributed by atoms with E-state index in [9.17, 15) is 0 Å². The van der Waals surface area contributed by atoms with E-state index in [1.165, 1.54) is 0 Å². The number of pyridine rings is 1. The normalized spacial score (nSPS) is 12.5. The lowest BCUT2D eigenvalue weighted by Gasteiger charge is -2.13. The van der Waals surface area contributed by atoms with E-state index in [0.29, 0.717) is 6.04 Å². The molecule has 0 spiro atoms. The number of hydrogen-bond acceptors (Lipinski definition) is 3. The molecule has 1 aromatic rings. The van der Waals surface area contributed by atoms with Gasteiger partial charge in [0.1, 0.15) is 5.82 Å². The number of nitrogens with one attached hydrogen (secondary N) is 1. The molecule has 1 unspecified atom stereocenters. The van der Waals surface area contributed by atoms with Crippen molar-refractivity contribution in [1.29, 1.82) is 0 Å². The predicted octanol–water partition coefficient (Wildman–Crippen LogP) is 1.65. The maximum absolute atomic E-state index is 8.64. The van der Waals surface area contributed by atoms with E-state index >= 15 is 0 Å². The van der Waals surface area contributed by atoms with E-state index in [1.807, 2.05) is 18.2 Å². The van der Waals surface area contributed by atoms with Crippen LogP contribution in [0, 0.1) is 0 Å². The molecule has 72 valence electrons. The first-order valence-corrected chi connectivity index (χ1v) is 4.61. The van der Waals surface area contributed by atoms with Crippen LogP contribution >= 0.6 is 0 Å². The first-order valence-electron chi connectivity index (χ1n) is 4.61. The summed E-state index contributed by atoms with van der Waals surface area (Å²) in [6.45, 7) is 2.35. The topological polar surface area (TPSA) is 45.1 Å². The summed E-state index contributed by atoms with van der Waals surface area (Å²) in [5.41, 5.74) is 0. The summed E-state index contributed by atoms with van der Waals surface area (Å²) in [6, 6.07) is 6.15. The van der Waals surface area contributed by atoms with Gasteiger partial charge >= 0.3 is 0 Å². The molecular weight excluding hydrogens is 164 g/mol. The van der Waals surface area contributed by atoms with Gasteiger partial charge in [0, 0.05) is 18.8 Å². The Hall–Kier alpha value is -1.09. The molecule has 0 saturated heterocycles. The quantitative estimate of drug-likeness (QED) is 0.724. The van der Waals surface area contributed by atoms with Crippen molar-refractivity contribution < 1.29 is 5.11 Å². The van der Waals surface area contributed by atoms with Gasteiger partial charge < -0.3 is 10.4 Å². The predicted molar refractivity (Wildman–Crippen MR) is 53.6 cm³/mol. The van der Waals surface area contributed by atoms with Crippen molar-refractivity contribution in [2.75, 3.05) is 11.9 Å². The van der Waals surface area contributed by atoms with Crippen molar-refractivity contribution in [1.82, 2.24) is 4.98 Å². The van der Waals surface area contributed by atoms with Crippen LogP contribution in [0.25, 0.3) is 0 Å². The number of aliphatic hydroxyl groups is 1. The molecular formula is C10H16N2O. The van der Waals surface area contributed by atoms with E-state index in [0.717, 1.165) is 18.7 Å². The van der Waals surface area contributed by atoms with Crippen molar-refractivity contribution >= 4 is 5.82 Å². The number of hydrogen-bond donors (Lipinski definition) is 2. The summed E-state index contributed by atoms with van der Waals surface area (Å²) in [5.74, 6) is 0.896. The highest BCUT2D eigenvalue weighted by Gasteiger charge is 2.00. The fraction of sp³-hybridized carbons (Fsp3) is 0.500. The van der Waals surface area contributed by atoms with Crippen LogP contribution in [0.3, 0.4) is 0 Å². The zero-order valence-corrected chi connectivity index (χ0v) is 7.90. The van der Waals surface area contributed by atoms with E-state index < -0.39 is 0 Å². The average molecular weight is 180 g/mol. The Morgan fingerprint density at radius 3 is 3.00 bits per heavy atom. The third-order valence-electron chi connectivity index (χ3n) is 1.85. The third kappa shape index (κ3) is 3.90. The molecule has 0 amide bonds. The number of aliphatic hydroxyl groups excluding tert-OH is 1. The number of rotatable bonds is 5. The van der Waals surface area contributed by atoms with Gasteiger partial charge in [-0.1, -0.05) is 6.07 Å². The summed E-state index contributed by atoms with van der Waals surface area (Å²) in [7, 11) is 0. The van der Waals surface area contributed by atoms with Gasteiger partial charge in [-0.3, -0.25) is 0 Å². The summed E-state index contributed by atoms with van der Waals surface area (Å²) >= 11 is 0. The minimum absolute atomic E-state index is 0.258. The highest BCUT2D eigenvalue weighted by atomic mass is 16.2. The van der Waals surface area contributed by atoms with E-state index in [2.05, 4.69) is 17.2 Å². The molecule has 0 aliphatic rings. The van der Waals surface area contributed by atoms with Crippen LogP contribution in [0.2, 0.25) is 0 Å². The van der Waals surface area contributed by atoms with Crippen LogP contribution in [0.1, 0.15) is 19.8 Å². The molecule has 1 rings (SSSR count). The lowest BCUT2D eigenvalue weighted by atomic mass is 10.2. The second-order valence-corrected chi connectivity index (χ2v) is 3.13. The average Bonchev–Trinajstić information content (AvgIpc) is 2.16. The molecule has 1 atom stereocenters. The lowest BCUT2D eigenvalue weighted by molar-refractivity contribution is 0.282. The number of aromatic nitrogens is 1. The van der Waals surface area contributed by atoms with Crippen molar-refractivity contribution in [2.24, 2.45) is 0 Å². The van der Waals surface area contributed by atoms with Crippen molar-refractivity contribution in [3.63, 3.8) is 0 Å². The molecule has 3 nitrogen and oxygen atoms in total. The third-order valence-corrected chi connectivity index (χ3v) is 1.85. The standard InChI is InChI=1S/C10H16N2O/c1-9(5-4-8-13)12-10-6-2-3-7-11-10/h2-3,6-7,9,13H,4-5,8H2,1H3,(H,11,12). The highest BCUT2D eigenvalue weighted by Crippen LogP contribution is 2.05. The summed E-state index contributed by atoms with van der Waals surface area (Å²) in [6.07, 6.45) is 3.56. The molecule has 1 heterocycles. The Balaban J connectivity index is 2.32. The van der Waals surface area contributed by atoms with Crippen molar-refractivity contribution in [3.8, 4) is 0 Å². The van der Waals surface area contributed by atoms with Crippen molar-refractivity contribution in [2.45, 2.75) is 25.8 Å². The van der Waals surface area contributed by atoms with Crippen LogP contribution in [0.4, 0.5) is 5.82 Å². The van der Waals surface area contributed by atoms with Gasteiger partial charge in [0.2, 0.25) is 0 Å². The Bertz CT molecular complexity index is 226. The van der Waals surface area contributed by atoms with E-state index in [1.54, 1.807) is 6.20 Å². The first kappa shape index (κ1) is 9.99. The molecule has 0 fully saturated rings. The Kier molecular flexibility index (Phi) is 4.26. The van der Waals surface area contributed by atoms with Crippen LogP contribution in [0.15, 0.2) is 24.4 Å². The van der Waals surface area contributed by atoms with Crippen LogP contribution in [-0.2, 0) is 0 Å². The summed E-state index contributed by atoms with van der Waals surface area (Å²) in [4.78, 5) is 4.15. The van der Waals surface area contributed by atoms with Crippen LogP contribution < -0.4 is 5.32 Å². The highest BCUT2D eigenvalue weighted by molar-refractivity contribution is 5.33. The fourth-order valence-electron chi connectivity index (χ4n) is 1.17. The van der Waals surface area contributed by atoms with Gasteiger partial charge in [-0.05, 0) is 31.9 Å². The molecule has 0 bridgehead atoms. The zero-order valence-electron chi connectivity index (χ0n) is 7.90. The Morgan fingerprint density at radius 1 is 1.54 bits per heavy atom. The molecule has 0 aromatic carbocycles. The SMILES string of the molecule is CC(CCCO)Nc1ccccn1. The van der Waals surface area contributed by atoms with Crippen LogP contribution in [0.5, 0.6) is 0 Å². The van der Waals surface area contributed by atoms with Crippen LogP contribution in [-0.4, -0.2) is 22.7 Å². The zero-order chi connectivity index (χ0) is 9.52. The van der Waals surface area contributed by atoms with Gasteiger partial charge in [0.05, 0.1) is 0 Å². The van der Waals surface area contributed by atoms with Gasteiger partial charge in [-0.25, -0.2) is 4.98 Å². The minimum Gasteiger partial charge on any atom is -0.396 e. The largest absolute Gasteiger partial charge is 0.396 e. The molecule has 1 aromatic heterocycles. The molecule has 13 heavy (non-hydrogen) atoms. The fourth-order valence-corrected chi connectivity index (χ4v) is 1.17. The number of nitrogens with zero attached hydrogens (tertiary/aromatic N) is 1. The van der Waals surface area contributed by atoms with Gasteiger partial charge in [0.15, 0.2) is 0 Å². The summed E-state index contributed by atoms with van der Waals surface area (Å²) in [5, 5.41) is 11.9. The second kappa shape index (κ2) is 5.54. The van der Waals surface area contributed by atoms with Gasteiger partial charge in [-0.2, -0.15) is 0 Å². The smallest absolute Gasteiger partial charge is 0.126 e. The molecule has 3 heteroatoms. The molecule has 2 N–H and O–H groups in total. The monoisotopic (exact) mass is 180 g/mol. The Morgan fingerprint density at radius 2 is 2.38 bits per heavy atom. The minimum atomic E-state index is 0.258. The maximum Gasteiger partial charge on any atom is 0.126 e. The van der Waals surface area contributed by atoms with Gasteiger partial charge in [-0.15, -0.1) is 0 Å². The molecule has 0 aliphatic heterocycles. The van der Waals surface area contributed by atoms with E-state index in [-0.39, 0.29) is 6.61 Å². The molecule has 0 aliphatic carbocycles. The molecule has 0 radical (unpaired) electrons. The lowest BCUT2D eigenvalue weighted by Crippen LogP contribution is -2.16. The molecule has 0 saturated carbocycles. The van der Waals surface area contributed by atoms with E-state index in [4.69, 9.17) is 5.11 Å². The maximum atomic E-state index is 8.64. The van der Waals surface area contributed by atoms with Crippen molar-refractivity contribution in [3.05, 3.63) is 24.4 Å². The first-order chi connectivity index (χ1) is 6.33. The Labute approximate surface area is 78.8 Å². The summed E-state index contributed by atoms with van der Waals surface area (Å²) < 4.78 is 0.